The van der Waals surface area contributed by atoms with E-state index in [0.717, 1.165) is 40.3 Å². The second-order valence-corrected chi connectivity index (χ2v) is 9.48. The molecule has 172 valence electrons. The number of halogens is 1. The minimum atomic E-state index is 0.406. The summed E-state index contributed by atoms with van der Waals surface area (Å²) in [6.07, 6.45) is 3.00. The Balaban J connectivity index is 1.19. The molecule has 6 rings (SSSR count). The SMILES string of the molecule is Cc1ccc(NC2CC2Nc2ccc3oc(/C=C4\Oc5ccc(Cl)cc5N4C)[n+](C)c3c2)cc1. The number of nitrogens with zero attached hydrogens (tertiary/aromatic N) is 2. The molecule has 0 bridgehead atoms. The minimum Gasteiger partial charge on any atom is -0.438 e. The van der Waals surface area contributed by atoms with Crippen LogP contribution in [0.3, 0.4) is 0 Å². The van der Waals surface area contributed by atoms with Crippen LogP contribution in [-0.2, 0) is 7.05 Å². The Labute approximate surface area is 203 Å². The van der Waals surface area contributed by atoms with Gasteiger partial charge >= 0.3 is 5.89 Å². The number of hydrogen-bond donors (Lipinski definition) is 2. The number of fused-ring (bicyclic) bond motifs is 2. The van der Waals surface area contributed by atoms with Gasteiger partial charge in [-0.05, 0) is 55.8 Å². The predicted molar refractivity (Wildman–Crippen MR) is 136 cm³/mol. The first-order valence-corrected chi connectivity index (χ1v) is 11.8. The molecular formula is C27H26ClN4O2+. The van der Waals surface area contributed by atoms with Crippen LogP contribution in [0.4, 0.5) is 17.1 Å². The number of oxazole rings is 1. The normalized spacial score (nSPS) is 19.9. The van der Waals surface area contributed by atoms with Gasteiger partial charge in [-0.1, -0.05) is 29.3 Å². The summed E-state index contributed by atoms with van der Waals surface area (Å²) >= 11 is 6.15. The van der Waals surface area contributed by atoms with E-state index < -0.39 is 0 Å². The average Bonchev–Trinajstić information content (AvgIpc) is 3.38. The van der Waals surface area contributed by atoms with Crippen molar-refractivity contribution in [2.45, 2.75) is 25.4 Å². The maximum atomic E-state index is 6.15. The van der Waals surface area contributed by atoms with E-state index in [4.69, 9.17) is 20.8 Å². The lowest BCUT2D eigenvalue weighted by Gasteiger charge is -2.09. The number of ether oxygens (including phenoxy) is 1. The molecule has 1 saturated carbocycles. The van der Waals surface area contributed by atoms with Gasteiger partial charge in [0.1, 0.15) is 13.1 Å². The maximum Gasteiger partial charge on any atom is 0.379 e. The molecular weight excluding hydrogens is 448 g/mol. The Morgan fingerprint density at radius 2 is 1.74 bits per heavy atom. The van der Waals surface area contributed by atoms with Gasteiger partial charge in [-0.2, -0.15) is 4.57 Å². The van der Waals surface area contributed by atoms with Crippen LogP contribution in [0.15, 0.2) is 71.0 Å². The molecule has 2 aliphatic rings. The van der Waals surface area contributed by atoms with Crippen molar-refractivity contribution in [1.82, 2.24) is 0 Å². The highest BCUT2D eigenvalue weighted by Gasteiger charge is 2.37. The summed E-state index contributed by atoms with van der Waals surface area (Å²) in [5.41, 5.74) is 6.29. The van der Waals surface area contributed by atoms with Gasteiger partial charge in [0, 0.05) is 41.6 Å². The summed E-state index contributed by atoms with van der Waals surface area (Å²) in [6, 6.07) is 21.2. The summed E-state index contributed by atoms with van der Waals surface area (Å²) in [5.74, 6) is 2.17. The number of rotatable bonds is 5. The molecule has 7 heteroatoms. The zero-order valence-corrected chi connectivity index (χ0v) is 20.1. The molecule has 6 nitrogen and oxygen atoms in total. The monoisotopic (exact) mass is 473 g/mol. The first-order chi connectivity index (χ1) is 16.4. The molecule has 1 aliphatic carbocycles. The molecule has 1 fully saturated rings. The van der Waals surface area contributed by atoms with Gasteiger partial charge in [0.15, 0.2) is 5.75 Å². The topological polar surface area (TPSA) is 53.6 Å². The van der Waals surface area contributed by atoms with Crippen molar-refractivity contribution in [3.63, 3.8) is 0 Å². The third-order valence-electron chi connectivity index (χ3n) is 6.49. The van der Waals surface area contributed by atoms with E-state index in [2.05, 4.69) is 54.0 Å². The second-order valence-electron chi connectivity index (χ2n) is 9.04. The summed E-state index contributed by atoms with van der Waals surface area (Å²) in [6.45, 7) is 2.10. The average molecular weight is 474 g/mol. The Bertz CT molecular complexity index is 1430. The number of anilines is 3. The molecule has 3 aromatic carbocycles. The smallest absolute Gasteiger partial charge is 0.379 e. The van der Waals surface area contributed by atoms with E-state index in [0.29, 0.717) is 28.9 Å². The lowest BCUT2D eigenvalue weighted by molar-refractivity contribution is -0.652. The van der Waals surface area contributed by atoms with Gasteiger partial charge in [0.2, 0.25) is 11.5 Å². The summed E-state index contributed by atoms with van der Waals surface area (Å²) < 4.78 is 14.2. The van der Waals surface area contributed by atoms with Crippen molar-refractivity contribution in [1.29, 1.82) is 0 Å². The van der Waals surface area contributed by atoms with Crippen molar-refractivity contribution in [2.75, 3.05) is 22.6 Å². The highest BCUT2D eigenvalue weighted by Crippen LogP contribution is 2.40. The zero-order valence-electron chi connectivity index (χ0n) is 19.3. The molecule has 0 amide bonds. The standard InChI is InChI=1S/C27H26ClN4O2/c1-16-4-7-18(8-5-16)29-20-14-21(20)30-19-9-11-25-23(13-19)32(3)27(34-25)15-26-31(2)22-12-17(28)6-10-24(22)33-26/h4-13,15,20-21,29-30H,14H2,1-3H3/q+1. The van der Waals surface area contributed by atoms with Crippen LogP contribution in [0.5, 0.6) is 5.75 Å². The number of aromatic nitrogens is 1. The van der Waals surface area contributed by atoms with Crippen LogP contribution < -0.4 is 24.8 Å². The van der Waals surface area contributed by atoms with E-state index in [9.17, 15) is 0 Å². The Morgan fingerprint density at radius 3 is 2.53 bits per heavy atom. The van der Waals surface area contributed by atoms with Gasteiger partial charge < -0.3 is 24.7 Å². The quantitative estimate of drug-likeness (QED) is 0.363. The third-order valence-corrected chi connectivity index (χ3v) is 6.72. The second kappa shape index (κ2) is 7.99. The van der Waals surface area contributed by atoms with Crippen LogP contribution in [-0.4, -0.2) is 19.1 Å². The molecule has 1 aromatic heterocycles. The molecule has 2 N–H and O–H groups in total. The van der Waals surface area contributed by atoms with Gasteiger partial charge in [0.05, 0.1) is 5.69 Å². The van der Waals surface area contributed by atoms with Crippen LogP contribution in [0.25, 0.3) is 17.2 Å². The van der Waals surface area contributed by atoms with Gasteiger partial charge in [0.25, 0.3) is 5.52 Å². The predicted octanol–water partition coefficient (Wildman–Crippen LogP) is 5.71. The number of nitrogens with one attached hydrogen (secondary N) is 2. The molecule has 1 aliphatic heterocycles. The Kier molecular flexibility index (Phi) is 4.92. The van der Waals surface area contributed by atoms with E-state index in [1.807, 2.05) is 53.9 Å². The lowest BCUT2D eigenvalue weighted by Crippen LogP contribution is -2.30. The van der Waals surface area contributed by atoms with Crippen molar-refractivity contribution in [3.8, 4) is 5.75 Å². The fourth-order valence-corrected chi connectivity index (χ4v) is 4.51. The van der Waals surface area contributed by atoms with Crippen molar-refractivity contribution in [3.05, 3.63) is 83.0 Å². The molecule has 0 radical (unpaired) electrons. The molecule has 4 aromatic rings. The van der Waals surface area contributed by atoms with Crippen LogP contribution in [0.1, 0.15) is 17.9 Å². The summed E-state index contributed by atoms with van der Waals surface area (Å²) in [5, 5.41) is 7.92. The Morgan fingerprint density at radius 1 is 1.00 bits per heavy atom. The highest BCUT2D eigenvalue weighted by atomic mass is 35.5. The highest BCUT2D eigenvalue weighted by molar-refractivity contribution is 6.31. The molecule has 2 unspecified atom stereocenters. The third kappa shape index (κ3) is 3.84. The first-order valence-electron chi connectivity index (χ1n) is 11.4. The Hall–Kier alpha value is -3.64. The molecule has 0 saturated heterocycles. The fraction of sp³-hybridized carbons (Fsp3) is 0.222. The number of hydrogen-bond acceptors (Lipinski definition) is 5. The summed E-state index contributed by atoms with van der Waals surface area (Å²) in [4.78, 5) is 1.97. The largest absolute Gasteiger partial charge is 0.438 e. The van der Waals surface area contributed by atoms with Crippen LogP contribution in [0, 0.1) is 6.92 Å². The van der Waals surface area contributed by atoms with Gasteiger partial charge in [-0.25, -0.2) is 0 Å². The van der Waals surface area contributed by atoms with Crippen LogP contribution in [0.2, 0.25) is 5.02 Å². The molecule has 34 heavy (non-hydrogen) atoms. The maximum absolute atomic E-state index is 6.15. The number of benzene rings is 3. The molecule has 2 atom stereocenters. The molecule has 2 heterocycles. The summed E-state index contributed by atoms with van der Waals surface area (Å²) in [7, 11) is 3.95. The number of aryl methyl sites for hydroxylation is 2. The lowest BCUT2D eigenvalue weighted by atomic mass is 10.2. The van der Waals surface area contributed by atoms with E-state index in [1.54, 1.807) is 0 Å². The van der Waals surface area contributed by atoms with Crippen LogP contribution >= 0.6 is 11.6 Å². The van der Waals surface area contributed by atoms with Crippen molar-refractivity contribution < 1.29 is 13.7 Å². The van der Waals surface area contributed by atoms with E-state index in [-0.39, 0.29) is 0 Å². The minimum absolute atomic E-state index is 0.406. The van der Waals surface area contributed by atoms with E-state index in [1.165, 1.54) is 5.56 Å². The fourth-order valence-electron chi connectivity index (χ4n) is 4.34. The van der Waals surface area contributed by atoms with Crippen molar-refractivity contribution in [2.24, 2.45) is 7.05 Å². The van der Waals surface area contributed by atoms with Crippen molar-refractivity contribution >= 4 is 45.8 Å². The molecule has 0 spiro atoms. The zero-order chi connectivity index (χ0) is 23.4. The van der Waals surface area contributed by atoms with Gasteiger partial charge in [-0.15, -0.1) is 0 Å². The van der Waals surface area contributed by atoms with E-state index >= 15 is 0 Å². The first kappa shape index (κ1) is 20.9. The van der Waals surface area contributed by atoms with Gasteiger partial charge in [-0.3, -0.25) is 0 Å².